The summed E-state index contributed by atoms with van der Waals surface area (Å²) in [5.74, 6) is 1.04. The summed E-state index contributed by atoms with van der Waals surface area (Å²) < 4.78 is 12.5. The molecule has 5 rings (SSSR count). The molecule has 2 aromatic carbocycles. The SMILES string of the molecule is CCCCc1nc(Cl)c(C(=O)c2cccc(C(OC)OC)n2)n1Cc1ccc(-c2ccccc2-c2nnn[nH]2)cc1. The van der Waals surface area contributed by atoms with E-state index in [0.717, 1.165) is 40.9 Å². The zero-order valence-corrected chi connectivity index (χ0v) is 23.8. The van der Waals surface area contributed by atoms with Crippen molar-refractivity contribution in [1.29, 1.82) is 0 Å². The molecule has 0 saturated heterocycles. The summed E-state index contributed by atoms with van der Waals surface area (Å²) >= 11 is 6.62. The number of unbranched alkanes of at least 4 members (excludes halogenated alkanes) is 1. The van der Waals surface area contributed by atoms with Crippen LogP contribution >= 0.6 is 11.6 Å². The summed E-state index contributed by atoms with van der Waals surface area (Å²) in [6.45, 7) is 2.54. The van der Waals surface area contributed by atoms with E-state index in [1.165, 1.54) is 14.2 Å². The monoisotopic (exact) mass is 571 g/mol. The van der Waals surface area contributed by atoms with Crippen molar-refractivity contribution in [1.82, 2.24) is 35.2 Å². The van der Waals surface area contributed by atoms with E-state index in [2.05, 4.69) is 37.5 Å². The average molecular weight is 572 g/mol. The van der Waals surface area contributed by atoms with Crippen LogP contribution in [0.25, 0.3) is 22.5 Å². The molecule has 10 nitrogen and oxygen atoms in total. The maximum Gasteiger partial charge on any atom is 0.230 e. The summed E-state index contributed by atoms with van der Waals surface area (Å²) in [5, 5.41) is 14.5. The number of aromatic nitrogens is 7. The fourth-order valence-corrected chi connectivity index (χ4v) is 5.02. The minimum Gasteiger partial charge on any atom is -0.350 e. The summed E-state index contributed by atoms with van der Waals surface area (Å²) in [6.07, 6.45) is 1.92. The molecule has 5 aromatic rings. The second-order valence-electron chi connectivity index (χ2n) is 9.43. The van der Waals surface area contributed by atoms with Gasteiger partial charge in [-0.15, -0.1) is 5.10 Å². The van der Waals surface area contributed by atoms with Crippen LogP contribution in [0.1, 0.15) is 59.3 Å². The molecule has 3 aromatic heterocycles. The molecule has 1 N–H and O–H groups in total. The van der Waals surface area contributed by atoms with E-state index in [-0.39, 0.29) is 16.6 Å². The number of aryl methyl sites for hydroxylation is 1. The van der Waals surface area contributed by atoms with Crippen molar-refractivity contribution >= 4 is 17.4 Å². The van der Waals surface area contributed by atoms with E-state index in [1.54, 1.807) is 18.2 Å². The van der Waals surface area contributed by atoms with Crippen molar-refractivity contribution < 1.29 is 14.3 Å². The van der Waals surface area contributed by atoms with Crippen LogP contribution in [0.2, 0.25) is 5.15 Å². The molecule has 0 fully saturated rings. The second-order valence-corrected chi connectivity index (χ2v) is 9.79. The van der Waals surface area contributed by atoms with Crippen LogP contribution in [0, 0.1) is 0 Å². The van der Waals surface area contributed by atoms with E-state index in [0.29, 0.717) is 30.2 Å². The van der Waals surface area contributed by atoms with E-state index < -0.39 is 6.29 Å². The summed E-state index contributed by atoms with van der Waals surface area (Å²) in [7, 11) is 3.04. The standard InChI is InChI=1S/C30H30ClN7O3/c1-4-5-13-25-33-28(31)26(27(39)23-11-8-12-24(32-23)30(40-2)41-3)38(25)18-19-14-16-20(17-15-19)21-9-6-7-10-22(21)29-34-36-37-35-29/h6-12,14-17,30H,4-5,13,18H2,1-3H3,(H,34,35,36,37). The maximum absolute atomic E-state index is 13.8. The number of ether oxygens (including phenoxy) is 2. The lowest BCUT2D eigenvalue weighted by Crippen LogP contribution is -2.16. The number of tetrazole rings is 1. The fraction of sp³-hybridized carbons (Fsp3) is 0.267. The van der Waals surface area contributed by atoms with Gasteiger partial charge in [-0.2, -0.15) is 0 Å². The highest BCUT2D eigenvalue weighted by molar-refractivity contribution is 6.33. The maximum atomic E-state index is 13.8. The third kappa shape index (κ3) is 6.09. The van der Waals surface area contributed by atoms with Gasteiger partial charge >= 0.3 is 0 Å². The Kier molecular flexibility index (Phi) is 8.93. The molecule has 11 heteroatoms. The van der Waals surface area contributed by atoms with Crippen LogP contribution in [-0.2, 0) is 22.4 Å². The number of nitrogens with one attached hydrogen (secondary N) is 1. The smallest absolute Gasteiger partial charge is 0.230 e. The van der Waals surface area contributed by atoms with E-state index in [1.807, 2.05) is 53.1 Å². The molecular weight excluding hydrogens is 542 g/mol. The third-order valence-electron chi connectivity index (χ3n) is 6.78. The molecule has 0 aliphatic heterocycles. The lowest BCUT2D eigenvalue weighted by molar-refractivity contribution is -0.108. The largest absolute Gasteiger partial charge is 0.350 e. The van der Waals surface area contributed by atoms with Crippen molar-refractivity contribution in [3.63, 3.8) is 0 Å². The van der Waals surface area contributed by atoms with Crippen LogP contribution in [-0.4, -0.2) is 55.2 Å². The van der Waals surface area contributed by atoms with Gasteiger partial charge in [0.25, 0.3) is 0 Å². The molecule has 0 bridgehead atoms. The number of carbonyl (C=O) groups excluding carboxylic acids is 1. The quantitative estimate of drug-likeness (QED) is 0.150. The molecule has 0 atom stereocenters. The number of rotatable bonds is 12. The molecule has 0 amide bonds. The zero-order chi connectivity index (χ0) is 28.8. The Balaban J connectivity index is 1.48. The van der Waals surface area contributed by atoms with E-state index in [9.17, 15) is 4.79 Å². The second kappa shape index (κ2) is 12.9. The molecule has 41 heavy (non-hydrogen) atoms. The van der Waals surface area contributed by atoms with Gasteiger partial charge in [0.2, 0.25) is 12.1 Å². The van der Waals surface area contributed by atoms with Gasteiger partial charge in [-0.3, -0.25) is 4.79 Å². The van der Waals surface area contributed by atoms with Crippen molar-refractivity contribution in [3.05, 3.63) is 100 Å². The molecule has 0 radical (unpaired) electrons. The number of methoxy groups -OCH3 is 2. The Hall–Kier alpha value is -4.25. The van der Waals surface area contributed by atoms with Gasteiger partial charge < -0.3 is 14.0 Å². The Morgan fingerprint density at radius 1 is 0.976 bits per heavy atom. The van der Waals surface area contributed by atoms with Crippen LogP contribution in [0.4, 0.5) is 0 Å². The lowest BCUT2D eigenvalue weighted by Gasteiger charge is -2.15. The molecule has 3 heterocycles. The Morgan fingerprint density at radius 2 is 1.73 bits per heavy atom. The number of imidazole rings is 1. The van der Waals surface area contributed by atoms with Crippen LogP contribution in [0.15, 0.2) is 66.7 Å². The number of halogens is 1. The first-order valence-corrected chi connectivity index (χ1v) is 13.7. The molecule has 0 spiro atoms. The number of nitrogens with zero attached hydrogens (tertiary/aromatic N) is 6. The highest BCUT2D eigenvalue weighted by Crippen LogP contribution is 2.30. The number of hydrogen-bond acceptors (Lipinski definition) is 8. The van der Waals surface area contributed by atoms with Gasteiger partial charge in [-0.25, -0.2) is 15.1 Å². The van der Waals surface area contributed by atoms with Crippen molar-refractivity contribution in [2.24, 2.45) is 0 Å². The predicted molar refractivity (Wildman–Crippen MR) is 154 cm³/mol. The minimum absolute atomic E-state index is 0.162. The molecule has 0 aliphatic carbocycles. The lowest BCUT2D eigenvalue weighted by atomic mass is 9.98. The highest BCUT2D eigenvalue weighted by Gasteiger charge is 2.25. The first-order chi connectivity index (χ1) is 20.0. The normalized spacial score (nSPS) is 11.3. The van der Waals surface area contributed by atoms with Crippen molar-refractivity contribution in [3.8, 4) is 22.5 Å². The van der Waals surface area contributed by atoms with Crippen molar-refractivity contribution in [2.45, 2.75) is 39.0 Å². The van der Waals surface area contributed by atoms with Gasteiger partial charge in [0, 0.05) is 32.7 Å². The number of aromatic amines is 1. The summed E-state index contributed by atoms with van der Waals surface area (Å²) in [6, 6.07) is 21.3. The molecular formula is C30H30ClN7O3. The van der Waals surface area contributed by atoms with Gasteiger partial charge in [-0.05, 0) is 45.7 Å². The zero-order valence-electron chi connectivity index (χ0n) is 23.0. The Morgan fingerprint density at radius 3 is 2.41 bits per heavy atom. The van der Waals surface area contributed by atoms with Gasteiger partial charge in [0.05, 0.1) is 5.69 Å². The Bertz CT molecular complexity index is 1610. The highest BCUT2D eigenvalue weighted by atomic mass is 35.5. The van der Waals surface area contributed by atoms with Gasteiger partial charge in [0.1, 0.15) is 17.2 Å². The molecule has 0 unspecified atom stereocenters. The van der Waals surface area contributed by atoms with Gasteiger partial charge in [0.15, 0.2) is 11.0 Å². The van der Waals surface area contributed by atoms with Gasteiger partial charge in [-0.1, -0.05) is 79.5 Å². The topological polar surface area (TPSA) is 121 Å². The number of H-pyrrole nitrogens is 1. The number of hydrogen-bond donors (Lipinski definition) is 1. The fourth-order valence-electron chi connectivity index (χ4n) is 4.73. The summed E-state index contributed by atoms with van der Waals surface area (Å²) in [4.78, 5) is 22.9. The number of ketones is 1. The van der Waals surface area contributed by atoms with Crippen LogP contribution < -0.4 is 0 Å². The average Bonchev–Trinajstić information content (AvgIpc) is 3.65. The number of carbonyl (C=O) groups is 1. The third-order valence-corrected chi connectivity index (χ3v) is 7.04. The number of pyridine rings is 1. The number of benzene rings is 2. The first-order valence-electron chi connectivity index (χ1n) is 13.3. The van der Waals surface area contributed by atoms with E-state index in [4.69, 9.17) is 21.1 Å². The van der Waals surface area contributed by atoms with Crippen LogP contribution in [0.3, 0.4) is 0 Å². The summed E-state index contributed by atoms with van der Waals surface area (Å²) in [5.41, 5.74) is 4.94. The minimum atomic E-state index is -0.688. The van der Waals surface area contributed by atoms with E-state index >= 15 is 0 Å². The Labute approximate surface area is 242 Å². The van der Waals surface area contributed by atoms with Crippen LogP contribution in [0.5, 0.6) is 0 Å². The molecule has 210 valence electrons. The van der Waals surface area contributed by atoms with Crippen molar-refractivity contribution in [2.75, 3.05) is 14.2 Å². The molecule has 0 aliphatic rings. The molecule has 0 saturated carbocycles. The predicted octanol–water partition coefficient (Wildman–Crippen LogP) is 5.69. The first kappa shape index (κ1) is 28.3.